The Morgan fingerprint density at radius 1 is 1.23 bits per heavy atom. The molecule has 0 radical (unpaired) electrons. The molecule has 2 aromatic rings. The summed E-state index contributed by atoms with van der Waals surface area (Å²) in [5.41, 5.74) is 1.19. The van der Waals surface area contributed by atoms with Crippen molar-refractivity contribution in [3.05, 3.63) is 48.2 Å². The van der Waals surface area contributed by atoms with Gasteiger partial charge in [-0.15, -0.1) is 0 Å². The summed E-state index contributed by atoms with van der Waals surface area (Å²) < 4.78 is 5.18. The average molecular weight is 176 g/mol. The van der Waals surface area contributed by atoms with Gasteiger partial charge in [0.15, 0.2) is 0 Å². The summed E-state index contributed by atoms with van der Waals surface area (Å²) in [4.78, 5) is 3.12. The average Bonchev–Trinajstić information content (AvgIpc) is 2.75. The minimum absolute atomic E-state index is 0.770. The minimum Gasteiger partial charge on any atom is -0.468 e. The first-order chi connectivity index (χ1) is 6.45. The van der Waals surface area contributed by atoms with Gasteiger partial charge < -0.3 is 14.7 Å². The summed E-state index contributed by atoms with van der Waals surface area (Å²) in [5, 5.41) is 3.27. The summed E-state index contributed by atoms with van der Waals surface area (Å²) in [6, 6.07) is 7.90. The highest BCUT2D eigenvalue weighted by atomic mass is 16.3. The van der Waals surface area contributed by atoms with Gasteiger partial charge in [-0.25, -0.2) is 0 Å². The third-order valence-electron chi connectivity index (χ3n) is 1.86. The number of H-pyrrole nitrogens is 1. The summed E-state index contributed by atoms with van der Waals surface area (Å²) in [6.07, 6.45) is 3.61. The van der Waals surface area contributed by atoms with Crippen molar-refractivity contribution in [2.45, 2.75) is 13.1 Å². The number of hydrogen-bond donors (Lipinski definition) is 2. The Kier molecular flexibility index (Phi) is 2.48. The molecule has 3 heteroatoms. The Morgan fingerprint density at radius 3 is 2.92 bits per heavy atom. The zero-order valence-corrected chi connectivity index (χ0v) is 7.29. The van der Waals surface area contributed by atoms with Gasteiger partial charge in [0.05, 0.1) is 12.8 Å². The van der Waals surface area contributed by atoms with E-state index in [1.54, 1.807) is 6.26 Å². The molecule has 3 nitrogen and oxygen atoms in total. The highest BCUT2D eigenvalue weighted by Gasteiger charge is 1.95. The normalized spacial score (nSPS) is 10.5. The fourth-order valence-corrected chi connectivity index (χ4v) is 1.21. The van der Waals surface area contributed by atoms with Crippen molar-refractivity contribution in [2.24, 2.45) is 0 Å². The topological polar surface area (TPSA) is 41.0 Å². The summed E-state index contributed by atoms with van der Waals surface area (Å²) in [7, 11) is 0. The second-order valence-corrected chi connectivity index (χ2v) is 2.88. The van der Waals surface area contributed by atoms with Crippen molar-refractivity contribution >= 4 is 0 Å². The van der Waals surface area contributed by atoms with E-state index in [0.29, 0.717) is 0 Å². The zero-order valence-electron chi connectivity index (χ0n) is 7.29. The predicted molar refractivity (Wildman–Crippen MR) is 50.0 cm³/mol. The number of aromatic nitrogens is 1. The summed E-state index contributed by atoms with van der Waals surface area (Å²) in [5.74, 6) is 0.964. The van der Waals surface area contributed by atoms with Crippen LogP contribution < -0.4 is 5.32 Å². The number of nitrogens with one attached hydrogen (secondary N) is 2. The molecule has 2 aromatic heterocycles. The molecule has 0 bridgehead atoms. The molecule has 0 saturated carbocycles. The van der Waals surface area contributed by atoms with Crippen molar-refractivity contribution in [3.8, 4) is 0 Å². The lowest BCUT2D eigenvalue weighted by Gasteiger charge is -1.99. The Balaban J connectivity index is 1.76. The smallest absolute Gasteiger partial charge is 0.117 e. The number of furan rings is 1. The van der Waals surface area contributed by atoms with Crippen molar-refractivity contribution in [1.82, 2.24) is 10.3 Å². The van der Waals surface area contributed by atoms with Crippen LogP contribution in [0.1, 0.15) is 11.5 Å². The molecular weight excluding hydrogens is 164 g/mol. The Labute approximate surface area is 76.8 Å². The van der Waals surface area contributed by atoms with Crippen LogP contribution in [0.15, 0.2) is 41.1 Å². The van der Waals surface area contributed by atoms with E-state index in [2.05, 4.69) is 16.4 Å². The molecule has 13 heavy (non-hydrogen) atoms. The van der Waals surface area contributed by atoms with Crippen LogP contribution in [-0.2, 0) is 13.1 Å². The molecule has 0 saturated heterocycles. The highest BCUT2D eigenvalue weighted by molar-refractivity contribution is 5.03. The van der Waals surface area contributed by atoms with E-state index in [1.165, 1.54) is 5.69 Å². The summed E-state index contributed by atoms with van der Waals surface area (Å²) in [6.45, 7) is 1.61. The van der Waals surface area contributed by atoms with Crippen molar-refractivity contribution in [3.63, 3.8) is 0 Å². The Bertz CT molecular complexity index is 289. The van der Waals surface area contributed by atoms with Crippen LogP contribution >= 0.6 is 0 Å². The van der Waals surface area contributed by atoms with Gasteiger partial charge in [-0.2, -0.15) is 0 Å². The first kappa shape index (κ1) is 8.13. The van der Waals surface area contributed by atoms with Crippen LogP contribution in [-0.4, -0.2) is 4.98 Å². The van der Waals surface area contributed by atoms with Crippen LogP contribution in [0.4, 0.5) is 0 Å². The number of aromatic amines is 1. The van der Waals surface area contributed by atoms with E-state index < -0.39 is 0 Å². The second kappa shape index (κ2) is 3.96. The lowest BCUT2D eigenvalue weighted by Crippen LogP contribution is -2.12. The largest absolute Gasteiger partial charge is 0.468 e. The first-order valence-corrected chi connectivity index (χ1v) is 4.30. The Morgan fingerprint density at radius 2 is 2.23 bits per heavy atom. The van der Waals surface area contributed by atoms with E-state index in [9.17, 15) is 0 Å². The Hall–Kier alpha value is -1.48. The van der Waals surface area contributed by atoms with Crippen LogP contribution in [0.5, 0.6) is 0 Å². The zero-order chi connectivity index (χ0) is 8.93. The molecule has 0 aliphatic carbocycles. The fraction of sp³-hybridized carbons (Fsp3) is 0.200. The molecule has 0 unspecified atom stereocenters. The molecule has 0 aliphatic rings. The molecule has 0 amide bonds. The number of rotatable bonds is 4. The van der Waals surface area contributed by atoms with Gasteiger partial charge in [0.25, 0.3) is 0 Å². The predicted octanol–water partition coefficient (Wildman–Crippen LogP) is 1.90. The van der Waals surface area contributed by atoms with Gasteiger partial charge >= 0.3 is 0 Å². The SMILES string of the molecule is c1c[nH]c(CNCc2ccco2)c1. The third-order valence-corrected chi connectivity index (χ3v) is 1.86. The van der Waals surface area contributed by atoms with Gasteiger partial charge in [0.1, 0.15) is 5.76 Å². The molecule has 2 heterocycles. The van der Waals surface area contributed by atoms with Crippen molar-refractivity contribution in [1.29, 1.82) is 0 Å². The standard InChI is InChI=1S/C10H12N2O/c1-3-9(12-5-1)7-11-8-10-4-2-6-13-10/h1-6,11-12H,7-8H2. The van der Waals surface area contributed by atoms with E-state index >= 15 is 0 Å². The molecule has 0 atom stereocenters. The number of hydrogen-bond acceptors (Lipinski definition) is 2. The molecule has 2 rings (SSSR count). The van der Waals surface area contributed by atoms with Crippen LogP contribution in [0.3, 0.4) is 0 Å². The van der Waals surface area contributed by atoms with Crippen molar-refractivity contribution < 1.29 is 4.42 Å². The van der Waals surface area contributed by atoms with Gasteiger partial charge in [0.2, 0.25) is 0 Å². The molecule has 2 N–H and O–H groups in total. The monoisotopic (exact) mass is 176 g/mol. The lowest BCUT2D eigenvalue weighted by atomic mass is 10.4. The fourth-order valence-electron chi connectivity index (χ4n) is 1.21. The van der Waals surface area contributed by atoms with E-state index in [0.717, 1.165) is 18.8 Å². The van der Waals surface area contributed by atoms with Gasteiger partial charge in [0, 0.05) is 18.4 Å². The summed E-state index contributed by atoms with van der Waals surface area (Å²) >= 11 is 0. The molecule has 0 spiro atoms. The molecule has 0 aliphatic heterocycles. The van der Waals surface area contributed by atoms with Crippen LogP contribution in [0, 0.1) is 0 Å². The maximum Gasteiger partial charge on any atom is 0.117 e. The minimum atomic E-state index is 0.770. The van der Waals surface area contributed by atoms with E-state index in [4.69, 9.17) is 4.42 Å². The molecular formula is C10H12N2O. The van der Waals surface area contributed by atoms with E-state index in [1.807, 2.05) is 24.4 Å². The maximum atomic E-state index is 5.18. The highest BCUT2D eigenvalue weighted by Crippen LogP contribution is 1.99. The van der Waals surface area contributed by atoms with Crippen LogP contribution in [0.25, 0.3) is 0 Å². The van der Waals surface area contributed by atoms with Crippen molar-refractivity contribution in [2.75, 3.05) is 0 Å². The van der Waals surface area contributed by atoms with E-state index in [-0.39, 0.29) is 0 Å². The molecule has 0 aromatic carbocycles. The third kappa shape index (κ3) is 2.23. The van der Waals surface area contributed by atoms with Gasteiger partial charge in [-0.05, 0) is 24.3 Å². The van der Waals surface area contributed by atoms with Gasteiger partial charge in [-0.1, -0.05) is 0 Å². The molecule has 0 fully saturated rings. The lowest BCUT2D eigenvalue weighted by molar-refractivity contribution is 0.482. The maximum absolute atomic E-state index is 5.18. The van der Waals surface area contributed by atoms with Crippen LogP contribution in [0.2, 0.25) is 0 Å². The second-order valence-electron chi connectivity index (χ2n) is 2.88. The quantitative estimate of drug-likeness (QED) is 0.747. The first-order valence-electron chi connectivity index (χ1n) is 4.30. The molecule has 68 valence electrons. The van der Waals surface area contributed by atoms with Gasteiger partial charge in [-0.3, -0.25) is 0 Å².